The number of halogens is 1. The highest BCUT2D eigenvalue weighted by atomic mass is 35.5. The number of aliphatic hydroxyl groups excluding tert-OH is 1. The van der Waals surface area contributed by atoms with E-state index in [0.29, 0.717) is 23.8 Å². The van der Waals surface area contributed by atoms with Crippen molar-refractivity contribution >= 4 is 17.4 Å². The van der Waals surface area contributed by atoms with Gasteiger partial charge in [0.1, 0.15) is 11.9 Å². The van der Waals surface area contributed by atoms with E-state index in [9.17, 15) is 5.11 Å². The van der Waals surface area contributed by atoms with Crippen molar-refractivity contribution in [2.45, 2.75) is 19.4 Å². The Morgan fingerprint density at radius 1 is 1.62 bits per heavy atom. The maximum atomic E-state index is 9.17. The molecule has 0 fully saturated rings. The van der Waals surface area contributed by atoms with Crippen LogP contribution in [0.25, 0.3) is 0 Å². The molecule has 0 radical (unpaired) electrons. The molecule has 1 N–H and O–H groups in total. The summed E-state index contributed by atoms with van der Waals surface area (Å²) in [6.45, 7) is 2.42. The Balaban J connectivity index is 2.77. The Labute approximate surface area is 100 Å². The predicted molar refractivity (Wildman–Crippen MR) is 63.5 cm³/mol. The average molecular weight is 240 g/mol. The van der Waals surface area contributed by atoms with Crippen LogP contribution in [0.15, 0.2) is 12.1 Å². The molecule has 0 unspecified atom stereocenters. The summed E-state index contributed by atoms with van der Waals surface area (Å²) in [5.41, 5.74) is 0.225. The van der Waals surface area contributed by atoms with Gasteiger partial charge in [0, 0.05) is 13.6 Å². The highest BCUT2D eigenvalue weighted by molar-refractivity contribution is 6.31. The summed E-state index contributed by atoms with van der Waals surface area (Å²) in [5.74, 6) is 0.682. The van der Waals surface area contributed by atoms with Gasteiger partial charge in [0.15, 0.2) is 5.69 Å². The third-order valence-corrected chi connectivity index (χ3v) is 2.52. The average Bonchev–Trinajstić information content (AvgIpc) is 2.26. The molecule has 0 amide bonds. The number of nitrogens with zero attached hydrogens (tertiary/aromatic N) is 3. The van der Waals surface area contributed by atoms with Gasteiger partial charge in [-0.05, 0) is 25.5 Å². The minimum Gasteiger partial charge on any atom is -0.393 e. The van der Waals surface area contributed by atoms with Crippen molar-refractivity contribution in [2.24, 2.45) is 0 Å². The van der Waals surface area contributed by atoms with Crippen LogP contribution >= 0.6 is 11.6 Å². The lowest BCUT2D eigenvalue weighted by molar-refractivity contribution is 0.187. The number of aromatic nitrogens is 1. The van der Waals surface area contributed by atoms with Crippen LogP contribution in [0, 0.1) is 11.3 Å². The van der Waals surface area contributed by atoms with Gasteiger partial charge in [-0.2, -0.15) is 5.26 Å². The smallest absolute Gasteiger partial charge is 0.161 e. The molecule has 1 heterocycles. The van der Waals surface area contributed by atoms with Crippen molar-refractivity contribution in [1.82, 2.24) is 4.98 Å². The molecule has 86 valence electrons. The molecule has 0 saturated carbocycles. The number of hydrogen-bond donors (Lipinski definition) is 1. The lowest BCUT2D eigenvalue weighted by atomic mass is 10.2. The van der Waals surface area contributed by atoms with Crippen molar-refractivity contribution in [3.05, 3.63) is 22.8 Å². The van der Waals surface area contributed by atoms with E-state index in [1.165, 1.54) is 0 Å². The van der Waals surface area contributed by atoms with Crippen LogP contribution in [0.3, 0.4) is 0 Å². The predicted octanol–water partition coefficient (Wildman–Crippen LogP) is 1.81. The summed E-state index contributed by atoms with van der Waals surface area (Å²) in [5, 5.41) is 18.3. The van der Waals surface area contributed by atoms with E-state index in [1.807, 2.05) is 18.0 Å². The van der Waals surface area contributed by atoms with Gasteiger partial charge in [0.2, 0.25) is 0 Å². The number of anilines is 1. The van der Waals surface area contributed by atoms with E-state index in [4.69, 9.17) is 16.9 Å². The van der Waals surface area contributed by atoms with Gasteiger partial charge in [0.05, 0.1) is 11.1 Å². The zero-order valence-corrected chi connectivity index (χ0v) is 10.1. The van der Waals surface area contributed by atoms with E-state index in [2.05, 4.69) is 4.98 Å². The van der Waals surface area contributed by atoms with Crippen molar-refractivity contribution < 1.29 is 5.11 Å². The Kier molecular flexibility index (Phi) is 4.53. The lowest BCUT2D eigenvalue weighted by Gasteiger charge is -2.19. The second-order valence-corrected chi connectivity index (χ2v) is 4.08. The summed E-state index contributed by atoms with van der Waals surface area (Å²) >= 11 is 5.79. The minimum atomic E-state index is -0.342. The quantitative estimate of drug-likeness (QED) is 0.871. The van der Waals surface area contributed by atoms with Gasteiger partial charge in [-0.25, -0.2) is 4.98 Å². The number of pyridine rings is 1. The molecule has 0 spiro atoms. The highest BCUT2D eigenvalue weighted by Crippen LogP contribution is 2.18. The Bertz CT molecular complexity index is 401. The van der Waals surface area contributed by atoms with Crippen LogP contribution in [0.4, 0.5) is 5.82 Å². The first-order valence-corrected chi connectivity index (χ1v) is 5.38. The van der Waals surface area contributed by atoms with E-state index >= 15 is 0 Å². The lowest BCUT2D eigenvalue weighted by Crippen LogP contribution is -2.22. The number of nitriles is 1. The van der Waals surface area contributed by atoms with Crippen molar-refractivity contribution in [1.29, 1.82) is 5.26 Å². The SMILES string of the molecule is C[C@@H](O)CCN(C)c1ccc(Cl)c(C#N)n1. The Hall–Kier alpha value is -1.31. The Morgan fingerprint density at radius 3 is 2.88 bits per heavy atom. The van der Waals surface area contributed by atoms with Crippen molar-refractivity contribution in [3.63, 3.8) is 0 Å². The summed E-state index contributed by atoms with van der Waals surface area (Å²) in [6.07, 6.45) is 0.313. The maximum absolute atomic E-state index is 9.17. The number of rotatable bonds is 4. The van der Waals surface area contributed by atoms with Crippen molar-refractivity contribution in [2.75, 3.05) is 18.5 Å². The fourth-order valence-electron chi connectivity index (χ4n) is 1.22. The van der Waals surface area contributed by atoms with E-state index in [1.54, 1.807) is 19.1 Å². The molecular weight excluding hydrogens is 226 g/mol. The maximum Gasteiger partial charge on any atom is 0.161 e. The van der Waals surface area contributed by atoms with Crippen LogP contribution < -0.4 is 4.90 Å². The fourth-order valence-corrected chi connectivity index (χ4v) is 1.37. The van der Waals surface area contributed by atoms with Gasteiger partial charge in [-0.3, -0.25) is 0 Å². The van der Waals surface area contributed by atoms with E-state index in [-0.39, 0.29) is 11.8 Å². The largest absolute Gasteiger partial charge is 0.393 e. The minimum absolute atomic E-state index is 0.225. The standard InChI is InChI=1S/C11H14ClN3O/c1-8(16)5-6-15(2)11-4-3-9(12)10(7-13)14-11/h3-4,8,16H,5-6H2,1-2H3/t8-/m1/s1. The first kappa shape index (κ1) is 12.8. The van der Waals surface area contributed by atoms with Gasteiger partial charge in [0.25, 0.3) is 0 Å². The molecular formula is C11H14ClN3O. The third-order valence-electron chi connectivity index (χ3n) is 2.21. The molecule has 1 atom stereocenters. The van der Waals surface area contributed by atoms with Gasteiger partial charge >= 0.3 is 0 Å². The zero-order chi connectivity index (χ0) is 12.1. The molecule has 0 saturated heterocycles. The number of aliphatic hydroxyl groups is 1. The molecule has 0 aromatic carbocycles. The summed E-state index contributed by atoms with van der Waals surface area (Å²) < 4.78 is 0. The van der Waals surface area contributed by atoms with Crippen LogP contribution in [-0.2, 0) is 0 Å². The fraction of sp³-hybridized carbons (Fsp3) is 0.455. The van der Waals surface area contributed by atoms with Gasteiger partial charge in [-0.15, -0.1) is 0 Å². The molecule has 0 aliphatic rings. The molecule has 0 aliphatic heterocycles. The zero-order valence-electron chi connectivity index (χ0n) is 9.31. The second kappa shape index (κ2) is 5.69. The van der Waals surface area contributed by atoms with Gasteiger partial charge < -0.3 is 10.0 Å². The van der Waals surface area contributed by atoms with Crippen LogP contribution in [0.1, 0.15) is 19.0 Å². The normalized spacial score (nSPS) is 11.9. The summed E-state index contributed by atoms with van der Waals surface area (Å²) in [7, 11) is 1.86. The van der Waals surface area contributed by atoms with Crippen LogP contribution in [-0.4, -0.2) is 29.8 Å². The third kappa shape index (κ3) is 3.37. The molecule has 0 bridgehead atoms. The van der Waals surface area contributed by atoms with Gasteiger partial charge in [-0.1, -0.05) is 11.6 Å². The second-order valence-electron chi connectivity index (χ2n) is 3.67. The molecule has 5 heteroatoms. The first-order valence-electron chi connectivity index (χ1n) is 5.00. The van der Waals surface area contributed by atoms with Crippen LogP contribution in [0.2, 0.25) is 5.02 Å². The molecule has 4 nitrogen and oxygen atoms in total. The Morgan fingerprint density at radius 2 is 2.31 bits per heavy atom. The first-order chi connectivity index (χ1) is 7.54. The molecule has 16 heavy (non-hydrogen) atoms. The monoisotopic (exact) mass is 239 g/mol. The van der Waals surface area contributed by atoms with E-state index < -0.39 is 0 Å². The molecule has 1 aromatic rings. The van der Waals surface area contributed by atoms with Crippen LogP contribution in [0.5, 0.6) is 0 Å². The topological polar surface area (TPSA) is 60.1 Å². The summed E-state index contributed by atoms with van der Waals surface area (Å²) in [4.78, 5) is 6.00. The van der Waals surface area contributed by atoms with E-state index in [0.717, 1.165) is 0 Å². The molecule has 1 aromatic heterocycles. The van der Waals surface area contributed by atoms with Crippen molar-refractivity contribution in [3.8, 4) is 6.07 Å². The molecule has 1 rings (SSSR count). The molecule has 0 aliphatic carbocycles. The highest BCUT2D eigenvalue weighted by Gasteiger charge is 2.07. The summed E-state index contributed by atoms with van der Waals surface area (Å²) in [6, 6.07) is 5.35. The number of hydrogen-bond acceptors (Lipinski definition) is 4.